The predicted molar refractivity (Wildman–Crippen MR) is 132 cm³/mol. The normalized spacial score (nSPS) is 22.5. The molecule has 0 unspecified atom stereocenters. The molecule has 32 heavy (non-hydrogen) atoms. The van der Waals surface area contributed by atoms with Gasteiger partial charge in [-0.05, 0) is 41.6 Å². The Balaban J connectivity index is 2.01. The molecule has 5 heteroatoms. The monoisotopic (exact) mass is 452 g/mol. The van der Waals surface area contributed by atoms with Crippen molar-refractivity contribution in [1.29, 1.82) is 0 Å². The van der Waals surface area contributed by atoms with E-state index in [0.717, 1.165) is 19.1 Å². The van der Waals surface area contributed by atoms with Gasteiger partial charge in [0.05, 0.1) is 18.5 Å². The largest absolute Gasteiger partial charge is 0.515 e. The number of methoxy groups -OCH3 is 1. The van der Waals surface area contributed by atoms with Gasteiger partial charge in [-0.25, -0.2) is 0 Å². The molecule has 4 nitrogen and oxygen atoms in total. The van der Waals surface area contributed by atoms with Crippen LogP contribution in [-0.2, 0) is 14.0 Å². The predicted octanol–water partition coefficient (Wildman–Crippen LogP) is 4.78. The summed E-state index contributed by atoms with van der Waals surface area (Å²) < 4.78 is 13.2. The number of aliphatic hydroxyl groups excluding tert-OH is 1. The summed E-state index contributed by atoms with van der Waals surface area (Å²) in [6.45, 7) is 8.47. The average molecular weight is 453 g/mol. The zero-order valence-electron chi connectivity index (χ0n) is 19.9. The Morgan fingerprint density at radius 1 is 0.969 bits per heavy atom. The summed E-state index contributed by atoms with van der Waals surface area (Å²) in [5.41, 5.74) is 0.399. The molecule has 3 atom stereocenters. The second kappa shape index (κ2) is 10.2. The number of carbonyl (C=O) groups excluding carboxylic acids is 1. The van der Waals surface area contributed by atoms with Crippen LogP contribution in [0.15, 0.2) is 72.5 Å². The van der Waals surface area contributed by atoms with Gasteiger partial charge in [-0.15, -0.1) is 0 Å². The van der Waals surface area contributed by atoms with Gasteiger partial charge in [0.15, 0.2) is 5.78 Å². The Kier molecular flexibility index (Phi) is 7.75. The molecule has 1 aliphatic rings. The summed E-state index contributed by atoms with van der Waals surface area (Å²) >= 11 is 0. The van der Waals surface area contributed by atoms with Crippen LogP contribution in [0.3, 0.4) is 0 Å². The first-order valence-electron chi connectivity index (χ1n) is 11.4. The van der Waals surface area contributed by atoms with Crippen LogP contribution in [0.1, 0.15) is 47.0 Å². The molecule has 0 bridgehead atoms. The van der Waals surface area contributed by atoms with Gasteiger partial charge in [0.2, 0.25) is 0 Å². The van der Waals surface area contributed by atoms with E-state index < -0.39 is 8.32 Å². The van der Waals surface area contributed by atoms with E-state index in [1.807, 2.05) is 12.1 Å². The number of ketones is 1. The molecule has 0 radical (unpaired) electrons. The summed E-state index contributed by atoms with van der Waals surface area (Å²) in [5, 5.41) is 11.6. The lowest BCUT2D eigenvalue weighted by Crippen LogP contribution is -2.68. The van der Waals surface area contributed by atoms with E-state index in [1.54, 1.807) is 14.0 Å². The highest BCUT2D eigenvalue weighted by Gasteiger charge is 2.53. The lowest BCUT2D eigenvalue weighted by Gasteiger charge is -2.47. The minimum absolute atomic E-state index is 0.00144. The molecule has 0 spiro atoms. The van der Waals surface area contributed by atoms with Crippen molar-refractivity contribution < 1.29 is 19.1 Å². The summed E-state index contributed by atoms with van der Waals surface area (Å²) in [6.07, 6.45) is 2.71. The third-order valence-corrected chi connectivity index (χ3v) is 11.8. The molecule has 172 valence electrons. The third-order valence-electron chi connectivity index (χ3n) is 6.73. The van der Waals surface area contributed by atoms with E-state index >= 15 is 0 Å². The molecule has 0 heterocycles. The maximum Gasteiger partial charge on any atom is 0.261 e. The third kappa shape index (κ3) is 4.75. The highest BCUT2D eigenvalue weighted by atomic mass is 28.4. The summed E-state index contributed by atoms with van der Waals surface area (Å²) in [7, 11) is -0.987. The Labute approximate surface area is 193 Å². The Bertz CT molecular complexity index is 878. The Hall–Kier alpha value is -2.21. The number of allylic oxidation sites excluding steroid dienone is 1. The van der Waals surface area contributed by atoms with Crippen LogP contribution in [0, 0.1) is 5.92 Å². The zero-order chi connectivity index (χ0) is 23.4. The maximum atomic E-state index is 12.7. The van der Waals surface area contributed by atoms with Gasteiger partial charge in [-0.1, -0.05) is 81.4 Å². The van der Waals surface area contributed by atoms with Gasteiger partial charge in [0, 0.05) is 18.6 Å². The van der Waals surface area contributed by atoms with Gasteiger partial charge in [-0.3, -0.25) is 4.79 Å². The number of rotatable bonds is 7. The first-order valence-corrected chi connectivity index (χ1v) is 13.3. The van der Waals surface area contributed by atoms with Crippen molar-refractivity contribution >= 4 is 24.5 Å². The van der Waals surface area contributed by atoms with Crippen molar-refractivity contribution in [3.05, 3.63) is 72.5 Å². The van der Waals surface area contributed by atoms with Crippen LogP contribution in [0.2, 0.25) is 5.04 Å². The van der Waals surface area contributed by atoms with E-state index in [0.29, 0.717) is 12.0 Å². The topological polar surface area (TPSA) is 55.8 Å². The number of ether oxygens (including phenoxy) is 1. The lowest BCUT2D eigenvalue weighted by molar-refractivity contribution is -0.124. The van der Waals surface area contributed by atoms with Gasteiger partial charge in [0.25, 0.3) is 8.32 Å². The van der Waals surface area contributed by atoms with E-state index in [-0.39, 0.29) is 28.9 Å². The minimum atomic E-state index is -2.69. The fourth-order valence-electron chi connectivity index (χ4n) is 5.03. The summed E-state index contributed by atoms with van der Waals surface area (Å²) in [6, 6.07) is 21.2. The minimum Gasteiger partial charge on any atom is -0.515 e. The summed E-state index contributed by atoms with van der Waals surface area (Å²) in [5.74, 6) is -0.152. The molecule has 1 saturated carbocycles. The van der Waals surface area contributed by atoms with Crippen LogP contribution >= 0.6 is 0 Å². The molecule has 2 aromatic carbocycles. The zero-order valence-corrected chi connectivity index (χ0v) is 20.9. The second-order valence-electron chi connectivity index (χ2n) is 9.78. The number of Topliss-reactive ketones (excluding diaryl/α,β-unsaturated/α-hetero) is 1. The fraction of sp³-hybridized carbons (Fsp3) is 0.444. The van der Waals surface area contributed by atoms with Crippen molar-refractivity contribution in [3.8, 4) is 0 Å². The molecule has 1 N–H and O–H groups in total. The molecule has 1 fully saturated rings. The maximum absolute atomic E-state index is 12.7. The fourth-order valence-corrected chi connectivity index (χ4v) is 9.76. The van der Waals surface area contributed by atoms with Crippen molar-refractivity contribution in [2.75, 3.05) is 7.11 Å². The molecule has 0 aromatic heterocycles. The smallest absolute Gasteiger partial charge is 0.261 e. The molecule has 3 rings (SSSR count). The standard InChI is InChI=1S/C27H36O4Si/c1-20(19-28)26(29)21-16-17-24(25(18-21)30-5)31-32(27(2,3)4,22-12-8-6-9-13-22)23-14-10-7-11-15-23/h6-15,19,21,24-25,28H,16-18H2,1-5H3/b20-19+/t21-,24-,25-/m1/s1. The van der Waals surface area contributed by atoms with Crippen LogP contribution in [0.4, 0.5) is 0 Å². The van der Waals surface area contributed by atoms with Crippen molar-refractivity contribution in [3.63, 3.8) is 0 Å². The molecule has 0 aliphatic heterocycles. The van der Waals surface area contributed by atoms with Gasteiger partial charge >= 0.3 is 0 Å². The molecule has 0 saturated heterocycles. The van der Waals surface area contributed by atoms with E-state index in [4.69, 9.17) is 9.16 Å². The number of aliphatic hydroxyl groups is 1. The van der Waals surface area contributed by atoms with E-state index in [2.05, 4.69) is 69.3 Å². The molecule has 2 aromatic rings. The van der Waals surface area contributed by atoms with Gasteiger partial charge < -0.3 is 14.3 Å². The molecule has 1 aliphatic carbocycles. The van der Waals surface area contributed by atoms with Crippen LogP contribution in [0.25, 0.3) is 0 Å². The number of hydrogen-bond donors (Lipinski definition) is 1. The lowest BCUT2D eigenvalue weighted by atomic mass is 9.81. The average Bonchev–Trinajstić information content (AvgIpc) is 2.81. The van der Waals surface area contributed by atoms with Crippen LogP contribution in [0.5, 0.6) is 0 Å². The molecule has 0 amide bonds. The number of carbonyl (C=O) groups is 1. The number of hydrogen-bond acceptors (Lipinski definition) is 4. The molecular formula is C27H36O4Si. The Morgan fingerprint density at radius 3 is 1.94 bits per heavy atom. The van der Waals surface area contributed by atoms with Crippen molar-refractivity contribution in [1.82, 2.24) is 0 Å². The van der Waals surface area contributed by atoms with Crippen molar-refractivity contribution in [2.45, 2.75) is 64.2 Å². The van der Waals surface area contributed by atoms with Crippen molar-refractivity contribution in [2.24, 2.45) is 5.92 Å². The second-order valence-corrected chi connectivity index (χ2v) is 14.0. The highest BCUT2D eigenvalue weighted by Crippen LogP contribution is 2.40. The first kappa shape index (κ1) is 24.4. The van der Waals surface area contributed by atoms with Crippen LogP contribution in [-0.4, -0.2) is 38.5 Å². The quantitative estimate of drug-likeness (QED) is 0.373. The van der Waals surface area contributed by atoms with Gasteiger partial charge in [0.1, 0.15) is 0 Å². The molecular weight excluding hydrogens is 416 g/mol. The SMILES string of the molecule is CO[C@@H]1C[C@H](C(=O)/C(C)=C/O)CC[C@H]1O[Si](c1ccccc1)(c1ccccc1)C(C)(C)C. The summed E-state index contributed by atoms with van der Waals surface area (Å²) in [4.78, 5) is 12.7. The van der Waals surface area contributed by atoms with Crippen LogP contribution < -0.4 is 10.4 Å². The first-order chi connectivity index (χ1) is 15.2. The van der Waals surface area contributed by atoms with E-state index in [1.165, 1.54) is 10.4 Å². The highest BCUT2D eigenvalue weighted by molar-refractivity contribution is 6.99. The Morgan fingerprint density at radius 2 is 1.50 bits per heavy atom. The number of benzene rings is 2. The van der Waals surface area contributed by atoms with Gasteiger partial charge in [-0.2, -0.15) is 0 Å². The van der Waals surface area contributed by atoms with E-state index in [9.17, 15) is 9.90 Å².